The third kappa shape index (κ3) is 5.35. The van der Waals surface area contributed by atoms with Crippen LogP contribution >= 0.6 is 11.3 Å². The predicted octanol–water partition coefficient (Wildman–Crippen LogP) is 9.15. The fourth-order valence-electron chi connectivity index (χ4n) is 4.42. The largest absolute Gasteiger partial charge is 0.486 e. The van der Waals surface area contributed by atoms with Crippen LogP contribution in [0.3, 0.4) is 0 Å². The number of hydrogen-bond donors (Lipinski definition) is 0. The van der Waals surface area contributed by atoms with Gasteiger partial charge in [-0.15, -0.1) is 64.9 Å². The number of aromatic nitrogens is 3. The number of aryl methyl sites for hydroxylation is 5. The molecule has 0 bridgehead atoms. The Hall–Kier alpha value is -3.70. The van der Waals surface area contributed by atoms with E-state index in [0.717, 1.165) is 43.5 Å². The molecule has 6 heteroatoms. The molecule has 7 rings (SSSR count). The first-order chi connectivity index (χ1) is 20.1. The second kappa shape index (κ2) is 11.4. The van der Waals surface area contributed by atoms with Crippen molar-refractivity contribution in [3.8, 4) is 22.5 Å². The summed E-state index contributed by atoms with van der Waals surface area (Å²) in [5.41, 5.74) is 9.45. The zero-order valence-electron chi connectivity index (χ0n) is 25.4. The zero-order valence-corrected chi connectivity index (χ0v) is 25.6. The summed E-state index contributed by atoms with van der Waals surface area (Å²) in [5, 5.41) is 4.88. The van der Waals surface area contributed by atoms with Gasteiger partial charge in [0, 0.05) is 46.9 Å². The van der Waals surface area contributed by atoms with Crippen molar-refractivity contribution in [3.05, 3.63) is 112 Å². The number of hydrogen-bond acceptors (Lipinski definition) is 5. The van der Waals surface area contributed by atoms with Gasteiger partial charge in [-0.1, -0.05) is 41.6 Å². The fraction of sp³-hybridized carbons (Fsp3) is 0.147. The molecule has 201 valence electrons. The first-order valence-corrected chi connectivity index (χ1v) is 13.5. The molecule has 0 saturated carbocycles. The molecule has 7 aromatic rings. The molecule has 0 aliphatic carbocycles. The van der Waals surface area contributed by atoms with Gasteiger partial charge in [0.25, 0.3) is 0 Å². The van der Waals surface area contributed by atoms with E-state index in [0.29, 0.717) is 11.3 Å². The van der Waals surface area contributed by atoms with Crippen molar-refractivity contribution in [2.24, 2.45) is 0 Å². The molecule has 40 heavy (non-hydrogen) atoms. The van der Waals surface area contributed by atoms with Gasteiger partial charge in [0.15, 0.2) is 0 Å². The molecule has 0 atom stereocenters. The third-order valence-corrected chi connectivity index (χ3v) is 7.81. The van der Waals surface area contributed by atoms with Crippen LogP contribution in [0, 0.1) is 46.7 Å². The van der Waals surface area contributed by atoms with E-state index in [2.05, 4.69) is 79.4 Å². The molecule has 0 aliphatic heterocycles. The Labute approximate surface area is 255 Å². The van der Waals surface area contributed by atoms with Crippen molar-refractivity contribution in [1.82, 2.24) is 15.0 Å². The van der Waals surface area contributed by atoms with E-state index >= 15 is 0 Å². The van der Waals surface area contributed by atoms with Gasteiger partial charge in [-0.25, -0.2) is 4.98 Å². The smallest absolute Gasteiger partial charge is 0.216 e. The molecule has 0 spiro atoms. The van der Waals surface area contributed by atoms with Gasteiger partial charge in [0.1, 0.15) is 4.83 Å². The average Bonchev–Trinajstić information content (AvgIpc) is 3.54. The van der Waals surface area contributed by atoms with Crippen molar-refractivity contribution in [2.45, 2.75) is 34.5 Å². The summed E-state index contributed by atoms with van der Waals surface area (Å²) in [4.78, 5) is 14.3. The van der Waals surface area contributed by atoms with Crippen LogP contribution in [-0.2, 0) is 20.1 Å². The summed E-state index contributed by atoms with van der Waals surface area (Å²) in [6.45, 7) is 6.04. The molecule has 0 aliphatic rings. The van der Waals surface area contributed by atoms with Crippen LogP contribution in [0.2, 0.25) is 0 Å². The molecule has 5 heterocycles. The van der Waals surface area contributed by atoms with Crippen molar-refractivity contribution < 1.29 is 28.6 Å². The summed E-state index contributed by atoms with van der Waals surface area (Å²) < 4.78 is 28.6. The minimum atomic E-state index is -2.27. The van der Waals surface area contributed by atoms with Crippen molar-refractivity contribution in [1.29, 1.82) is 0 Å². The maximum atomic E-state index is 7.55. The maximum Gasteiger partial charge on any atom is 0.216 e. The third-order valence-electron chi connectivity index (χ3n) is 6.80. The molecular weight excluding hydrogens is 691 g/mol. The minimum absolute atomic E-state index is 0. The first-order valence-electron chi connectivity index (χ1n) is 14.1. The summed E-state index contributed by atoms with van der Waals surface area (Å²) in [6.07, 6.45) is 1.92. The molecule has 0 saturated heterocycles. The predicted molar refractivity (Wildman–Crippen MR) is 161 cm³/mol. The van der Waals surface area contributed by atoms with Crippen LogP contribution < -0.4 is 0 Å². The number of nitrogens with zero attached hydrogens (tertiary/aromatic N) is 3. The average molecular weight is 721 g/mol. The Morgan fingerprint density at radius 1 is 0.825 bits per heavy atom. The second-order valence-electron chi connectivity index (χ2n) is 9.65. The van der Waals surface area contributed by atoms with E-state index in [9.17, 15) is 0 Å². The van der Waals surface area contributed by atoms with Crippen molar-refractivity contribution in [3.63, 3.8) is 0 Å². The van der Waals surface area contributed by atoms with E-state index in [1.165, 1.54) is 28.3 Å². The molecule has 2 aromatic carbocycles. The van der Waals surface area contributed by atoms with Crippen LogP contribution in [0.25, 0.3) is 54.8 Å². The Kier molecular flexibility index (Phi) is 6.89. The van der Waals surface area contributed by atoms with E-state index in [4.69, 9.17) is 13.5 Å². The number of pyridine rings is 3. The van der Waals surface area contributed by atoms with E-state index in [1.54, 1.807) is 17.4 Å². The zero-order chi connectivity index (χ0) is 29.6. The number of benzene rings is 2. The maximum absolute atomic E-state index is 7.55. The minimum Gasteiger partial charge on any atom is -0.486 e. The molecule has 0 N–H and O–H groups in total. The normalized spacial score (nSPS) is 12.3. The monoisotopic (exact) mass is 721 g/mol. The number of thiophene rings is 1. The number of rotatable bonds is 2. The summed E-state index contributed by atoms with van der Waals surface area (Å²) in [5.74, 6) is 0. The van der Waals surface area contributed by atoms with Gasteiger partial charge in [0.2, 0.25) is 5.71 Å². The van der Waals surface area contributed by atoms with Crippen LogP contribution in [0.4, 0.5) is 0 Å². The Morgan fingerprint density at radius 3 is 2.45 bits per heavy atom. The number of fused-ring (bicyclic) bond motifs is 4. The molecule has 0 fully saturated rings. The molecule has 4 nitrogen and oxygen atoms in total. The standard InChI is InChI=1S/C20H13N2OS.C14H14N.Ir/c1-11-10-24-20-13(11)8-9-17(22-20)16-5-3-4-14-15-7-6-12(2)21-19(15)23-18(14)16;1-10-4-6-13(7-5-10)14-8-11(2)12(3)9-15-14;/h3-4,6-10H,1-2H3;4-6,8-9H,1-3H3;/q2*-1;/i2D3;;. The number of furan rings is 1. The second-order valence-corrected chi connectivity index (χ2v) is 10.5. The molecular formula is C34H27IrN3OS-2. The van der Waals surface area contributed by atoms with Crippen LogP contribution in [-0.4, -0.2) is 15.0 Å². The molecule has 1 radical (unpaired) electrons. The van der Waals surface area contributed by atoms with Crippen molar-refractivity contribution >= 4 is 43.6 Å². The topological polar surface area (TPSA) is 51.8 Å². The van der Waals surface area contributed by atoms with Gasteiger partial charge >= 0.3 is 0 Å². The summed E-state index contributed by atoms with van der Waals surface area (Å²) in [6, 6.07) is 25.7. The van der Waals surface area contributed by atoms with Crippen LogP contribution in [0.5, 0.6) is 0 Å². The Balaban J connectivity index is 0.000000197. The summed E-state index contributed by atoms with van der Waals surface area (Å²) in [7, 11) is 0. The quantitative estimate of drug-likeness (QED) is 0.167. The first kappa shape index (κ1) is 24.1. The van der Waals surface area contributed by atoms with Gasteiger partial charge in [0.05, 0.1) is 5.58 Å². The van der Waals surface area contributed by atoms with Gasteiger partial charge in [-0.05, 0) is 67.7 Å². The summed E-state index contributed by atoms with van der Waals surface area (Å²) >= 11 is 1.61. The molecule has 0 unspecified atom stereocenters. The van der Waals surface area contributed by atoms with Gasteiger partial charge < -0.3 is 9.40 Å². The van der Waals surface area contributed by atoms with E-state index < -0.39 is 6.85 Å². The Morgan fingerprint density at radius 2 is 1.68 bits per heavy atom. The Bertz CT molecular complexity index is 2080. The van der Waals surface area contributed by atoms with Gasteiger partial charge in [-0.3, -0.25) is 4.98 Å². The van der Waals surface area contributed by atoms with Gasteiger partial charge in [-0.2, -0.15) is 0 Å². The van der Waals surface area contributed by atoms with E-state index in [-0.39, 0.29) is 25.8 Å². The SMILES string of the molecule is Cc1c[c-]c(-c2cc(C)c(C)cn2)cc1.[2H]C([2H])([2H])c1ccc2c(n1)oc1c(-c3ccc4c(C)csc4n3)[c-]ccc12.[Ir]. The van der Waals surface area contributed by atoms with Crippen LogP contribution in [0.15, 0.2) is 76.7 Å². The van der Waals surface area contributed by atoms with Crippen molar-refractivity contribution in [2.75, 3.05) is 0 Å². The van der Waals surface area contributed by atoms with Crippen LogP contribution in [0.1, 0.15) is 32.1 Å². The molecule has 5 aromatic heterocycles. The fourth-order valence-corrected chi connectivity index (χ4v) is 5.35. The molecule has 0 amide bonds. The van der Waals surface area contributed by atoms with E-state index in [1.807, 2.05) is 30.5 Å².